The van der Waals surface area contributed by atoms with E-state index < -0.39 is 0 Å². The van der Waals surface area contributed by atoms with Crippen molar-refractivity contribution in [1.82, 2.24) is 4.90 Å². The highest BCUT2D eigenvalue weighted by molar-refractivity contribution is 9.10. The van der Waals surface area contributed by atoms with Gasteiger partial charge < -0.3 is 5.73 Å². The minimum Gasteiger partial charge on any atom is -0.329 e. The molecule has 0 aliphatic carbocycles. The van der Waals surface area contributed by atoms with E-state index in [1.54, 1.807) is 0 Å². The smallest absolute Gasteiger partial charge is 0.0237 e. The lowest BCUT2D eigenvalue weighted by Crippen LogP contribution is -2.50. The van der Waals surface area contributed by atoms with Crippen molar-refractivity contribution in [1.29, 1.82) is 0 Å². The molecule has 0 amide bonds. The molecule has 2 rings (SSSR count). The van der Waals surface area contributed by atoms with Gasteiger partial charge in [0, 0.05) is 30.1 Å². The zero-order valence-corrected chi connectivity index (χ0v) is 9.70. The number of benzene rings is 1. The van der Waals surface area contributed by atoms with Crippen molar-refractivity contribution in [3.8, 4) is 0 Å². The van der Waals surface area contributed by atoms with Crippen LogP contribution in [0.3, 0.4) is 0 Å². The van der Waals surface area contributed by atoms with Crippen molar-refractivity contribution in [3.63, 3.8) is 0 Å². The third-order valence-corrected chi connectivity index (χ3v) is 3.31. The Balaban J connectivity index is 1.97. The van der Waals surface area contributed by atoms with Gasteiger partial charge >= 0.3 is 0 Å². The van der Waals surface area contributed by atoms with Crippen molar-refractivity contribution in [2.24, 2.45) is 5.73 Å². The third-order valence-electron chi connectivity index (χ3n) is 2.81. The first kappa shape index (κ1) is 10.1. The lowest BCUT2D eigenvalue weighted by atomic mass is 10.0. The molecule has 0 spiro atoms. The predicted octanol–water partition coefficient (Wildman–Crippen LogP) is 1.98. The highest BCUT2D eigenvalue weighted by Gasteiger charge is 2.25. The molecule has 1 aliphatic heterocycles. The van der Waals surface area contributed by atoms with Crippen LogP contribution in [0.5, 0.6) is 0 Å². The fourth-order valence-corrected chi connectivity index (χ4v) is 2.29. The van der Waals surface area contributed by atoms with Crippen molar-refractivity contribution < 1.29 is 0 Å². The second kappa shape index (κ2) is 4.43. The summed E-state index contributed by atoms with van der Waals surface area (Å²) >= 11 is 3.48. The molecule has 2 N–H and O–H groups in total. The van der Waals surface area contributed by atoms with Gasteiger partial charge in [-0.1, -0.05) is 28.1 Å². The molecule has 1 aliphatic rings. The summed E-state index contributed by atoms with van der Waals surface area (Å²) in [5.74, 6) is 0. The van der Waals surface area contributed by atoms with E-state index in [9.17, 15) is 0 Å². The van der Waals surface area contributed by atoms with E-state index in [4.69, 9.17) is 5.73 Å². The Morgan fingerprint density at radius 1 is 1.50 bits per heavy atom. The predicted molar refractivity (Wildman–Crippen MR) is 62.0 cm³/mol. The van der Waals surface area contributed by atoms with Gasteiger partial charge in [-0.2, -0.15) is 0 Å². The Bertz CT molecular complexity index is 312. The maximum atomic E-state index is 5.66. The monoisotopic (exact) mass is 254 g/mol. The summed E-state index contributed by atoms with van der Waals surface area (Å²) in [4.78, 5) is 2.43. The normalized spacial score (nSPS) is 22.0. The van der Waals surface area contributed by atoms with Crippen molar-refractivity contribution >= 4 is 15.9 Å². The van der Waals surface area contributed by atoms with E-state index >= 15 is 0 Å². The van der Waals surface area contributed by atoms with Gasteiger partial charge in [-0.05, 0) is 24.1 Å². The SMILES string of the molecule is NCC1CCN1Cc1cccc(Br)c1. The van der Waals surface area contributed by atoms with E-state index in [1.807, 2.05) is 0 Å². The summed E-state index contributed by atoms with van der Waals surface area (Å²) < 4.78 is 1.15. The van der Waals surface area contributed by atoms with Gasteiger partial charge in [-0.25, -0.2) is 0 Å². The van der Waals surface area contributed by atoms with Crippen molar-refractivity contribution in [3.05, 3.63) is 34.3 Å². The average molecular weight is 255 g/mol. The molecule has 0 aromatic heterocycles. The largest absolute Gasteiger partial charge is 0.329 e. The topological polar surface area (TPSA) is 29.3 Å². The molecule has 3 heteroatoms. The van der Waals surface area contributed by atoms with Crippen LogP contribution >= 0.6 is 15.9 Å². The molecule has 1 fully saturated rings. The summed E-state index contributed by atoms with van der Waals surface area (Å²) in [7, 11) is 0. The molecule has 0 saturated carbocycles. The van der Waals surface area contributed by atoms with Gasteiger partial charge in [0.2, 0.25) is 0 Å². The summed E-state index contributed by atoms with van der Waals surface area (Å²) in [6.45, 7) is 3.00. The Labute approximate surface area is 93.2 Å². The number of hydrogen-bond acceptors (Lipinski definition) is 2. The van der Waals surface area contributed by atoms with Crippen LogP contribution in [0.1, 0.15) is 12.0 Å². The first-order chi connectivity index (χ1) is 6.79. The number of likely N-dealkylation sites (tertiary alicyclic amines) is 1. The maximum absolute atomic E-state index is 5.66. The molecule has 14 heavy (non-hydrogen) atoms. The van der Waals surface area contributed by atoms with E-state index in [0.29, 0.717) is 6.04 Å². The molecule has 2 nitrogen and oxygen atoms in total. The molecule has 0 radical (unpaired) electrons. The number of nitrogens with two attached hydrogens (primary N) is 1. The standard InChI is InChI=1S/C11H15BrN2/c12-10-3-1-2-9(6-10)8-14-5-4-11(14)7-13/h1-3,6,11H,4-5,7-8,13H2. The minimum atomic E-state index is 0.606. The van der Waals surface area contributed by atoms with Gasteiger partial charge in [0.15, 0.2) is 0 Å². The molecule has 1 saturated heterocycles. The van der Waals surface area contributed by atoms with Crippen LogP contribution in [-0.4, -0.2) is 24.0 Å². The number of nitrogens with zero attached hydrogens (tertiary/aromatic N) is 1. The highest BCUT2D eigenvalue weighted by atomic mass is 79.9. The van der Waals surface area contributed by atoms with Crippen molar-refractivity contribution in [2.75, 3.05) is 13.1 Å². The summed E-state index contributed by atoms with van der Waals surface area (Å²) in [5.41, 5.74) is 7.02. The molecular formula is C11H15BrN2. The van der Waals surface area contributed by atoms with Gasteiger partial charge in [0.05, 0.1) is 0 Å². The quantitative estimate of drug-likeness (QED) is 0.894. The molecular weight excluding hydrogens is 240 g/mol. The third kappa shape index (κ3) is 2.16. The van der Waals surface area contributed by atoms with E-state index in [0.717, 1.165) is 17.6 Å². The maximum Gasteiger partial charge on any atom is 0.0237 e. The number of rotatable bonds is 3. The zero-order chi connectivity index (χ0) is 9.97. The van der Waals surface area contributed by atoms with Crippen LogP contribution in [-0.2, 0) is 6.54 Å². The van der Waals surface area contributed by atoms with Crippen LogP contribution < -0.4 is 5.73 Å². The fraction of sp³-hybridized carbons (Fsp3) is 0.455. The Hall–Kier alpha value is -0.380. The first-order valence-electron chi connectivity index (χ1n) is 4.98. The molecule has 1 aromatic carbocycles. The van der Waals surface area contributed by atoms with E-state index in [1.165, 1.54) is 18.5 Å². The average Bonchev–Trinajstić information content (AvgIpc) is 2.14. The first-order valence-corrected chi connectivity index (χ1v) is 5.77. The summed E-state index contributed by atoms with van der Waals surface area (Å²) in [6, 6.07) is 9.08. The molecule has 1 heterocycles. The second-order valence-electron chi connectivity index (χ2n) is 3.78. The Kier molecular flexibility index (Phi) is 3.21. The van der Waals surface area contributed by atoms with Gasteiger partial charge in [-0.15, -0.1) is 0 Å². The second-order valence-corrected chi connectivity index (χ2v) is 4.69. The zero-order valence-electron chi connectivity index (χ0n) is 8.12. The van der Waals surface area contributed by atoms with Gasteiger partial charge in [-0.3, -0.25) is 4.90 Å². The Morgan fingerprint density at radius 3 is 2.93 bits per heavy atom. The highest BCUT2D eigenvalue weighted by Crippen LogP contribution is 2.20. The number of hydrogen-bond donors (Lipinski definition) is 1. The molecule has 1 atom stereocenters. The molecule has 0 bridgehead atoms. The molecule has 1 unspecified atom stereocenters. The minimum absolute atomic E-state index is 0.606. The van der Waals surface area contributed by atoms with E-state index in [-0.39, 0.29) is 0 Å². The number of halogens is 1. The van der Waals surface area contributed by atoms with Crippen LogP contribution in [0, 0.1) is 0 Å². The molecule has 76 valence electrons. The fourth-order valence-electron chi connectivity index (χ4n) is 1.84. The van der Waals surface area contributed by atoms with Crippen LogP contribution in [0.4, 0.5) is 0 Å². The summed E-state index contributed by atoms with van der Waals surface area (Å²) in [6.07, 6.45) is 1.25. The van der Waals surface area contributed by atoms with Crippen LogP contribution in [0.2, 0.25) is 0 Å². The lowest BCUT2D eigenvalue weighted by molar-refractivity contribution is 0.0882. The molecule has 1 aromatic rings. The summed E-state index contributed by atoms with van der Waals surface area (Å²) in [5, 5.41) is 0. The van der Waals surface area contributed by atoms with Gasteiger partial charge in [0.1, 0.15) is 0 Å². The van der Waals surface area contributed by atoms with Crippen LogP contribution in [0.25, 0.3) is 0 Å². The van der Waals surface area contributed by atoms with E-state index in [2.05, 4.69) is 45.1 Å². The van der Waals surface area contributed by atoms with Crippen LogP contribution in [0.15, 0.2) is 28.7 Å². The Morgan fingerprint density at radius 2 is 2.36 bits per heavy atom. The lowest BCUT2D eigenvalue weighted by Gasteiger charge is -2.40. The van der Waals surface area contributed by atoms with Crippen molar-refractivity contribution in [2.45, 2.75) is 19.0 Å². The van der Waals surface area contributed by atoms with Gasteiger partial charge in [0.25, 0.3) is 0 Å².